The van der Waals surface area contributed by atoms with Crippen molar-refractivity contribution in [1.82, 2.24) is 0 Å². The Hall–Kier alpha value is -0.0800. The fraction of sp³-hybridized carbons (Fsp3) is 1.00. The molecule has 0 amide bonds. The number of ether oxygens (including phenoxy) is 1. The summed E-state index contributed by atoms with van der Waals surface area (Å²) in [6, 6.07) is 0. The summed E-state index contributed by atoms with van der Waals surface area (Å²) in [4.78, 5) is 0. The number of unbranched alkanes of at least 4 members (excludes halogenated alkanes) is 1. The van der Waals surface area contributed by atoms with Crippen LogP contribution in [-0.4, -0.2) is 18.8 Å². The summed E-state index contributed by atoms with van der Waals surface area (Å²) in [6.45, 7) is 6.05. The van der Waals surface area contributed by atoms with Gasteiger partial charge in [0.15, 0.2) is 0 Å². The van der Waals surface area contributed by atoms with Gasteiger partial charge in [0.05, 0.1) is 0 Å². The van der Waals surface area contributed by atoms with Crippen LogP contribution in [0.1, 0.15) is 71.6 Å². The molecule has 0 aromatic heterocycles. The fourth-order valence-corrected chi connectivity index (χ4v) is 2.95. The molecule has 0 saturated heterocycles. The molecule has 0 radical (unpaired) electrons. The Labute approximate surface area is 107 Å². The molecule has 17 heavy (non-hydrogen) atoms. The van der Waals surface area contributed by atoms with Gasteiger partial charge in [0.1, 0.15) is 0 Å². The van der Waals surface area contributed by atoms with Crippen LogP contribution >= 0.6 is 0 Å². The summed E-state index contributed by atoms with van der Waals surface area (Å²) >= 11 is 0. The Morgan fingerprint density at radius 3 is 2.47 bits per heavy atom. The molecule has 0 atom stereocenters. The normalized spacial score (nSPS) is 29.5. The van der Waals surface area contributed by atoms with Crippen LogP contribution in [0.5, 0.6) is 0 Å². The van der Waals surface area contributed by atoms with Crippen molar-refractivity contribution in [3.63, 3.8) is 0 Å². The van der Waals surface area contributed by atoms with E-state index in [-0.39, 0.29) is 5.54 Å². The third kappa shape index (κ3) is 5.87. The highest BCUT2D eigenvalue weighted by Gasteiger charge is 2.30. The van der Waals surface area contributed by atoms with Crippen LogP contribution in [0.4, 0.5) is 0 Å². The topological polar surface area (TPSA) is 35.2 Å². The lowest BCUT2D eigenvalue weighted by Crippen LogP contribution is -2.43. The van der Waals surface area contributed by atoms with Crippen molar-refractivity contribution >= 4 is 0 Å². The summed E-state index contributed by atoms with van der Waals surface area (Å²) in [5.41, 5.74) is 6.60. The first-order valence-corrected chi connectivity index (χ1v) is 7.57. The van der Waals surface area contributed by atoms with Gasteiger partial charge in [-0.2, -0.15) is 0 Å². The molecule has 0 spiro atoms. The van der Waals surface area contributed by atoms with Gasteiger partial charge in [0.2, 0.25) is 0 Å². The standard InChI is InChI=1S/C15H31NO/c1-3-5-7-14-8-11-15(16,12-9-14)10-6-13-17-4-2/h14H,3-13,16H2,1-2H3. The van der Waals surface area contributed by atoms with E-state index >= 15 is 0 Å². The number of nitrogens with two attached hydrogens (primary N) is 1. The zero-order valence-electron chi connectivity index (χ0n) is 11.8. The molecule has 2 nitrogen and oxygen atoms in total. The van der Waals surface area contributed by atoms with Crippen LogP contribution in [-0.2, 0) is 4.74 Å². The molecule has 1 aliphatic carbocycles. The number of hydrogen-bond acceptors (Lipinski definition) is 2. The third-order valence-electron chi connectivity index (χ3n) is 4.23. The van der Waals surface area contributed by atoms with Gasteiger partial charge < -0.3 is 10.5 Å². The van der Waals surface area contributed by atoms with Crippen LogP contribution in [0.25, 0.3) is 0 Å². The molecule has 0 aliphatic heterocycles. The van der Waals surface area contributed by atoms with Gasteiger partial charge in [-0.25, -0.2) is 0 Å². The van der Waals surface area contributed by atoms with Crippen molar-refractivity contribution < 1.29 is 4.74 Å². The zero-order valence-corrected chi connectivity index (χ0v) is 11.8. The maximum Gasteiger partial charge on any atom is 0.0466 e. The largest absolute Gasteiger partial charge is 0.382 e. The van der Waals surface area contributed by atoms with Crippen molar-refractivity contribution in [3.8, 4) is 0 Å². The molecular weight excluding hydrogens is 210 g/mol. The van der Waals surface area contributed by atoms with E-state index in [9.17, 15) is 0 Å². The lowest BCUT2D eigenvalue weighted by atomic mass is 9.73. The molecule has 102 valence electrons. The van der Waals surface area contributed by atoms with Crippen LogP contribution in [0, 0.1) is 5.92 Å². The minimum atomic E-state index is 0.125. The van der Waals surface area contributed by atoms with Crippen LogP contribution in [0.3, 0.4) is 0 Å². The van der Waals surface area contributed by atoms with Crippen molar-refractivity contribution in [2.75, 3.05) is 13.2 Å². The van der Waals surface area contributed by atoms with Gasteiger partial charge in [-0.1, -0.05) is 26.2 Å². The van der Waals surface area contributed by atoms with Crippen molar-refractivity contribution in [2.24, 2.45) is 11.7 Å². The molecule has 1 fully saturated rings. The summed E-state index contributed by atoms with van der Waals surface area (Å²) in [5, 5.41) is 0. The summed E-state index contributed by atoms with van der Waals surface area (Å²) in [6.07, 6.45) is 11.6. The number of rotatable bonds is 8. The van der Waals surface area contributed by atoms with Crippen LogP contribution in [0.2, 0.25) is 0 Å². The van der Waals surface area contributed by atoms with E-state index in [1.807, 2.05) is 0 Å². The average molecular weight is 241 g/mol. The second-order valence-corrected chi connectivity index (χ2v) is 5.75. The lowest BCUT2D eigenvalue weighted by Gasteiger charge is -2.37. The predicted octanol–water partition coefficient (Wildman–Crippen LogP) is 3.88. The minimum absolute atomic E-state index is 0.125. The van der Waals surface area contributed by atoms with E-state index in [1.54, 1.807) is 0 Å². The molecule has 0 bridgehead atoms. The first kappa shape index (κ1) is 15.0. The first-order valence-electron chi connectivity index (χ1n) is 7.57. The second-order valence-electron chi connectivity index (χ2n) is 5.75. The quantitative estimate of drug-likeness (QED) is 0.654. The molecular formula is C15H31NO. The predicted molar refractivity (Wildman–Crippen MR) is 74.1 cm³/mol. The van der Waals surface area contributed by atoms with Crippen molar-refractivity contribution in [1.29, 1.82) is 0 Å². The Bertz CT molecular complexity index is 185. The summed E-state index contributed by atoms with van der Waals surface area (Å²) in [7, 11) is 0. The smallest absolute Gasteiger partial charge is 0.0466 e. The SMILES string of the molecule is CCCCC1CCC(N)(CCCOCC)CC1. The highest BCUT2D eigenvalue weighted by atomic mass is 16.5. The van der Waals surface area contributed by atoms with Crippen LogP contribution in [0.15, 0.2) is 0 Å². The van der Waals surface area contributed by atoms with E-state index in [4.69, 9.17) is 10.5 Å². The maximum atomic E-state index is 6.48. The number of hydrogen-bond donors (Lipinski definition) is 1. The van der Waals surface area contributed by atoms with Crippen molar-refractivity contribution in [2.45, 2.75) is 77.2 Å². The highest BCUT2D eigenvalue weighted by molar-refractivity contribution is 4.89. The summed E-state index contributed by atoms with van der Waals surface area (Å²) < 4.78 is 5.39. The van der Waals surface area contributed by atoms with Gasteiger partial charge in [-0.15, -0.1) is 0 Å². The molecule has 0 heterocycles. The molecule has 0 unspecified atom stereocenters. The van der Waals surface area contributed by atoms with Crippen LogP contribution < -0.4 is 5.73 Å². The first-order chi connectivity index (χ1) is 8.20. The molecule has 1 aliphatic rings. The van der Waals surface area contributed by atoms with Crippen molar-refractivity contribution in [3.05, 3.63) is 0 Å². The monoisotopic (exact) mass is 241 g/mol. The van der Waals surface area contributed by atoms with E-state index in [1.165, 1.54) is 44.9 Å². The summed E-state index contributed by atoms with van der Waals surface area (Å²) in [5.74, 6) is 0.957. The Morgan fingerprint density at radius 1 is 1.18 bits per heavy atom. The van der Waals surface area contributed by atoms with Gasteiger partial charge in [0.25, 0.3) is 0 Å². The van der Waals surface area contributed by atoms with Gasteiger partial charge >= 0.3 is 0 Å². The van der Waals surface area contributed by atoms with E-state index in [2.05, 4.69) is 13.8 Å². The van der Waals surface area contributed by atoms with E-state index in [0.717, 1.165) is 32.0 Å². The van der Waals surface area contributed by atoms with E-state index in [0.29, 0.717) is 0 Å². The third-order valence-corrected chi connectivity index (χ3v) is 4.23. The molecule has 2 N–H and O–H groups in total. The lowest BCUT2D eigenvalue weighted by molar-refractivity contribution is 0.128. The average Bonchev–Trinajstić information content (AvgIpc) is 2.34. The fourth-order valence-electron chi connectivity index (χ4n) is 2.95. The van der Waals surface area contributed by atoms with Gasteiger partial charge in [0, 0.05) is 18.8 Å². The Balaban J connectivity index is 2.14. The minimum Gasteiger partial charge on any atom is -0.382 e. The molecule has 1 rings (SSSR count). The molecule has 1 saturated carbocycles. The Morgan fingerprint density at radius 2 is 1.88 bits per heavy atom. The van der Waals surface area contributed by atoms with E-state index < -0.39 is 0 Å². The second kappa shape index (κ2) is 8.10. The molecule has 2 heteroatoms. The molecule has 0 aromatic rings. The van der Waals surface area contributed by atoms with Gasteiger partial charge in [-0.05, 0) is 51.4 Å². The maximum absolute atomic E-state index is 6.48. The highest BCUT2D eigenvalue weighted by Crippen LogP contribution is 2.35. The Kier molecular flexibility index (Phi) is 7.14. The molecule has 0 aromatic carbocycles. The zero-order chi connectivity index (χ0) is 12.6. The van der Waals surface area contributed by atoms with Gasteiger partial charge in [-0.3, -0.25) is 0 Å².